The van der Waals surface area contributed by atoms with Crippen LogP contribution in [-0.2, 0) is 11.2 Å². The van der Waals surface area contributed by atoms with Gasteiger partial charge in [0.05, 0.1) is 6.10 Å². The number of nitrogens with zero attached hydrogens (tertiary/aromatic N) is 1. The Morgan fingerprint density at radius 2 is 2.25 bits per heavy atom. The smallest absolute Gasteiger partial charge is 0.182 e. The van der Waals surface area contributed by atoms with Crippen molar-refractivity contribution in [1.82, 2.24) is 4.90 Å². The summed E-state index contributed by atoms with van der Waals surface area (Å²) >= 11 is 0. The number of fused-ring (bicyclic) bond motifs is 5. The molecule has 3 aliphatic heterocycles. The average Bonchev–Trinajstić information content (AvgIpc) is 2.94. The molecule has 24 heavy (non-hydrogen) atoms. The summed E-state index contributed by atoms with van der Waals surface area (Å²) in [5.41, 5.74) is 2.69. The molecular weight excluding hydrogens is 306 g/mol. The number of carbonyl (C=O) groups is 1. The van der Waals surface area contributed by atoms with E-state index in [4.69, 9.17) is 4.74 Å². The molecular formula is C19H21NO4. The summed E-state index contributed by atoms with van der Waals surface area (Å²) in [5.74, 6) is 0.430. The standard InChI is InChI=1S/C19H21NO4/c1-2-8-20-9-7-12-17-11-3-4-16(23)19(17)24-18(12)15(22)6-5-14(21)13(20)10-11/h2-4,7,13-14,18,21,23H,1,5-6,8-10H2/b12-7+/t13-,14-,18-/m1/s1. The molecule has 2 N–H and O–H groups in total. The number of ether oxygens (including phenoxy) is 1. The van der Waals surface area contributed by atoms with E-state index in [9.17, 15) is 15.0 Å². The third-order valence-electron chi connectivity index (χ3n) is 5.26. The second-order valence-electron chi connectivity index (χ2n) is 6.69. The number of benzene rings is 1. The summed E-state index contributed by atoms with van der Waals surface area (Å²) in [6.07, 6.45) is 3.91. The molecule has 5 heteroatoms. The molecule has 3 atom stereocenters. The Bertz CT molecular complexity index is 739. The summed E-state index contributed by atoms with van der Waals surface area (Å²) in [7, 11) is 0. The molecule has 1 aliphatic carbocycles. The van der Waals surface area contributed by atoms with E-state index in [1.54, 1.807) is 6.07 Å². The van der Waals surface area contributed by atoms with E-state index in [1.807, 2.05) is 18.2 Å². The molecule has 0 amide bonds. The molecule has 5 rings (SSSR count). The Kier molecular flexibility index (Phi) is 3.70. The lowest BCUT2D eigenvalue weighted by atomic mass is 9.84. The largest absolute Gasteiger partial charge is 0.504 e. The zero-order chi connectivity index (χ0) is 16.8. The third kappa shape index (κ3) is 2.27. The normalized spacial score (nSPS) is 31.1. The van der Waals surface area contributed by atoms with Crippen LogP contribution < -0.4 is 4.74 Å². The van der Waals surface area contributed by atoms with E-state index in [1.165, 1.54) is 0 Å². The molecule has 0 radical (unpaired) electrons. The molecule has 1 aromatic carbocycles. The van der Waals surface area contributed by atoms with Gasteiger partial charge in [-0.15, -0.1) is 6.58 Å². The van der Waals surface area contributed by atoms with Gasteiger partial charge in [0.1, 0.15) is 0 Å². The van der Waals surface area contributed by atoms with Crippen molar-refractivity contribution in [2.24, 2.45) is 0 Å². The van der Waals surface area contributed by atoms with Gasteiger partial charge in [-0.1, -0.05) is 18.2 Å². The van der Waals surface area contributed by atoms with E-state index in [-0.39, 0.29) is 24.0 Å². The third-order valence-corrected chi connectivity index (χ3v) is 5.26. The summed E-state index contributed by atoms with van der Waals surface area (Å²) in [5, 5.41) is 20.9. The van der Waals surface area contributed by atoms with Gasteiger partial charge >= 0.3 is 0 Å². The van der Waals surface area contributed by atoms with Gasteiger partial charge in [-0.05, 0) is 24.5 Å². The first-order valence-electron chi connectivity index (χ1n) is 8.37. The molecule has 126 valence electrons. The van der Waals surface area contributed by atoms with Crippen molar-refractivity contribution < 1.29 is 19.7 Å². The predicted octanol–water partition coefficient (Wildman–Crippen LogP) is 1.67. The Balaban J connectivity index is 1.92. The lowest BCUT2D eigenvalue weighted by Crippen LogP contribution is -2.47. The summed E-state index contributed by atoms with van der Waals surface area (Å²) in [6, 6.07) is 3.38. The van der Waals surface area contributed by atoms with Crippen LogP contribution in [0.2, 0.25) is 0 Å². The van der Waals surface area contributed by atoms with Crippen LogP contribution in [0, 0.1) is 0 Å². The number of ketones is 1. The van der Waals surface area contributed by atoms with Crippen molar-refractivity contribution in [1.29, 1.82) is 0 Å². The molecule has 0 saturated heterocycles. The Morgan fingerprint density at radius 1 is 1.42 bits per heavy atom. The molecule has 0 saturated carbocycles. The van der Waals surface area contributed by atoms with Gasteiger partial charge in [0.15, 0.2) is 23.4 Å². The Labute approximate surface area is 140 Å². The van der Waals surface area contributed by atoms with Gasteiger partial charge in [0.2, 0.25) is 0 Å². The van der Waals surface area contributed by atoms with Crippen LogP contribution in [0.5, 0.6) is 11.5 Å². The minimum atomic E-state index is -0.681. The average molecular weight is 327 g/mol. The van der Waals surface area contributed by atoms with Crippen LogP contribution in [0.3, 0.4) is 0 Å². The molecule has 0 fully saturated rings. The first-order valence-corrected chi connectivity index (χ1v) is 8.37. The van der Waals surface area contributed by atoms with Gasteiger partial charge in [-0.2, -0.15) is 0 Å². The van der Waals surface area contributed by atoms with E-state index < -0.39 is 12.2 Å². The van der Waals surface area contributed by atoms with Crippen LogP contribution in [0.25, 0.3) is 5.57 Å². The van der Waals surface area contributed by atoms with Crippen LogP contribution in [0.1, 0.15) is 24.0 Å². The fourth-order valence-electron chi connectivity index (χ4n) is 4.05. The Morgan fingerprint density at radius 3 is 3.04 bits per heavy atom. The van der Waals surface area contributed by atoms with Crippen molar-refractivity contribution in [3.05, 3.63) is 42.0 Å². The van der Waals surface area contributed by atoms with Crippen molar-refractivity contribution in [2.75, 3.05) is 13.1 Å². The van der Waals surface area contributed by atoms with E-state index >= 15 is 0 Å². The number of carbonyl (C=O) groups excluding carboxylic acids is 1. The quantitative estimate of drug-likeness (QED) is 0.809. The fraction of sp³-hybridized carbons (Fsp3) is 0.421. The molecule has 1 aromatic rings. The number of phenolic OH excluding ortho intramolecular Hbond substituents is 1. The predicted molar refractivity (Wildman–Crippen MR) is 90.0 cm³/mol. The highest BCUT2D eigenvalue weighted by atomic mass is 16.5. The van der Waals surface area contributed by atoms with Gasteiger partial charge < -0.3 is 14.9 Å². The lowest BCUT2D eigenvalue weighted by molar-refractivity contribution is -0.124. The Hall–Kier alpha value is -2.11. The summed E-state index contributed by atoms with van der Waals surface area (Å²) < 4.78 is 5.85. The maximum atomic E-state index is 12.6. The van der Waals surface area contributed by atoms with Crippen molar-refractivity contribution in [3.8, 4) is 11.5 Å². The topological polar surface area (TPSA) is 70.0 Å². The van der Waals surface area contributed by atoms with Gasteiger partial charge in [0, 0.05) is 36.7 Å². The van der Waals surface area contributed by atoms with E-state index in [0.29, 0.717) is 31.7 Å². The second kappa shape index (κ2) is 5.76. The number of Topliss-reactive ketones (excluding diaryl/α,β-unsaturated/α-hetero) is 1. The highest BCUT2D eigenvalue weighted by Gasteiger charge is 2.41. The maximum absolute atomic E-state index is 12.6. The summed E-state index contributed by atoms with van der Waals surface area (Å²) in [6.45, 7) is 5.11. The van der Waals surface area contributed by atoms with Crippen LogP contribution in [0.4, 0.5) is 0 Å². The minimum Gasteiger partial charge on any atom is -0.504 e. The summed E-state index contributed by atoms with van der Waals surface area (Å²) in [4.78, 5) is 14.8. The number of phenols is 1. The SMILES string of the molecule is C=CCN1C/C=C2\c3c4ccc(O)c3O[C@H]2C(=O)CC[C@@H](O)[C@H]1C4. The van der Waals surface area contributed by atoms with Gasteiger partial charge in [0.25, 0.3) is 0 Å². The highest BCUT2D eigenvalue weighted by molar-refractivity contribution is 6.00. The fourth-order valence-corrected chi connectivity index (χ4v) is 4.05. The van der Waals surface area contributed by atoms with Crippen molar-refractivity contribution in [3.63, 3.8) is 0 Å². The number of aromatic hydroxyl groups is 1. The molecule has 4 aliphatic rings. The monoisotopic (exact) mass is 327 g/mol. The van der Waals surface area contributed by atoms with Crippen LogP contribution in [-0.4, -0.2) is 52.2 Å². The first kappa shape index (κ1) is 15.4. The minimum absolute atomic E-state index is 0.0420. The second-order valence-corrected chi connectivity index (χ2v) is 6.69. The number of rotatable bonds is 2. The maximum Gasteiger partial charge on any atom is 0.182 e. The van der Waals surface area contributed by atoms with Crippen molar-refractivity contribution >= 4 is 11.4 Å². The molecule has 5 nitrogen and oxygen atoms in total. The number of aliphatic hydroxyl groups excluding tert-OH is 1. The molecule has 4 bridgehead atoms. The molecule has 3 heterocycles. The lowest BCUT2D eigenvalue weighted by Gasteiger charge is -2.36. The van der Waals surface area contributed by atoms with E-state index in [2.05, 4.69) is 11.5 Å². The number of hydrogen-bond acceptors (Lipinski definition) is 5. The van der Waals surface area contributed by atoms with E-state index in [0.717, 1.165) is 16.7 Å². The molecule has 0 spiro atoms. The van der Waals surface area contributed by atoms with Crippen molar-refractivity contribution in [2.45, 2.75) is 37.5 Å². The van der Waals surface area contributed by atoms with Crippen LogP contribution >= 0.6 is 0 Å². The first-order chi connectivity index (χ1) is 11.6. The molecule has 0 aromatic heterocycles. The van der Waals surface area contributed by atoms with Crippen LogP contribution in [0.15, 0.2) is 30.9 Å². The highest BCUT2D eigenvalue weighted by Crippen LogP contribution is 2.47. The van der Waals surface area contributed by atoms with Gasteiger partial charge in [-0.3, -0.25) is 9.69 Å². The van der Waals surface area contributed by atoms with Gasteiger partial charge in [-0.25, -0.2) is 0 Å². The molecule has 0 unspecified atom stereocenters. The zero-order valence-corrected chi connectivity index (χ0v) is 13.4. The number of hydrogen-bond donors (Lipinski definition) is 2. The number of aliphatic hydroxyl groups is 1. The zero-order valence-electron chi connectivity index (χ0n) is 13.4.